The molecule has 13 heavy (non-hydrogen) atoms. The second kappa shape index (κ2) is 5.58. The molecule has 0 saturated carbocycles. The van der Waals surface area contributed by atoms with Crippen LogP contribution in [0.3, 0.4) is 0 Å². The average molecular weight is 196 g/mol. The summed E-state index contributed by atoms with van der Waals surface area (Å²) in [5, 5.41) is 0.672. The van der Waals surface area contributed by atoms with Crippen LogP contribution >= 0.6 is 11.6 Å². The number of aromatic nitrogens is 1. The molecule has 1 aromatic rings. The van der Waals surface area contributed by atoms with Gasteiger partial charge in [-0.1, -0.05) is 11.6 Å². The van der Waals surface area contributed by atoms with Crippen LogP contribution in [0.5, 0.6) is 0 Å². The molecule has 0 amide bonds. The highest BCUT2D eigenvalue weighted by molar-refractivity contribution is 6.30. The number of halogens is 1. The third-order valence-electron chi connectivity index (χ3n) is 1.42. The molecule has 0 aliphatic carbocycles. The van der Waals surface area contributed by atoms with Crippen LogP contribution in [0.15, 0.2) is 18.3 Å². The Morgan fingerprint density at radius 2 is 2.46 bits per heavy atom. The molecular weight excluding hydrogens is 186 g/mol. The van der Waals surface area contributed by atoms with Crippen molar-refractivity contribution in [2.75, 3.05) is 6.61 Å². The first-order valence-corrected chi connectivity index (χ1v) is 4.32. The van der Waals surface area contributed by atoms with Crippen LogP contribution in [-0.2, 0) is 11.3 Å². The molecule has 0 aliphatic heterocycles. The predicted molar refractivity (Wildman–Crippen MR) is 52.4 cm³/mol. The third-order valence-corrected chi connectivity index (χ3v) is 1.65. The summed E-state index contributed by atoms with van der Waals surface area (Å²) in [5.41, 5.74) is 0.824. The molecule has 1 heterocycles. The van der Waals surface area contributed by atoms with Crippen LogP contribution in [0.4, 0.5) is 0 Å². The van der Waals surface area contributed by atoms with Gasteiger partial charge >= 0.3 is 0 Å². The van der Waals surface area contributed by atoms with E-state index in [9.17, 15) is 0 Å². The molecule has 0 saturated heterocycles. The first kappa shape index (κ1) is 10.0. The van der Waals surface area contributed by atoms with E-state index in [-0.39, 0.29) is 0 Å². The summed E-state index contributed by atoms with van der Waals surface area (Å²) in [4.78, 5) is 4.08. The summed E-state index contributed by atoms with van der Waals surface area (Å²) >= 11 is 5.76. The zero-order valence-electron chi connectivity index (χ0n) is 7.16. The number of hydrogen-bond donors (Lipinski definition) is 0. The lowest BCUT2D eigenvalue weighted by Gasteiger charge is -2.01. The maximum Gasteiger partial charge on any atom is 0.0888 e. The maximum absolute atomic E-state index is 5.76. The van der Waals surface area contributed by atoms with Crippen molar-refractivity contribution in [3.63, 3.8) is 0 Å². The van der Waals surface area contributed by atoms with Crippen molar-refractivity contribution in [2.24, 2.45) is 0 Å². The number of nitrogens with zero attached hydrogens (tertiary/aromatic N) is 1. The standard InChI is InChI=1S/C10H10ClNO/c1-2-3-6-13-8-10-7-9(11)4-5-12-10/h1,4-5,7H,3,6,8H2. The minimum atomic E-state index is 0.461. The van der Waals surface area contributed by atoms with E-state index in [4.69, 9.17) is 22.8 Å². The van der Waals surface area contributed by atoms with E-state index in [1.807, 2.05) is 0 Å². The molecule has 68 valence electrons. The summed E-state index contributed by atoms with van der Waals surface area (Å²) in [6.07, 6.45) is 7.35. The topological polar surface area (TPSA) is 22.1 Å². The lowest BCUT2D eigenvalue weighted by Crippen LogP contribution is -1.96. The highest BCUT2D eigenvalue weighted by Crippen LogP contribution is 2.08. The number of pyridine rings is 1. The largest absolute Gasteiger partial charge is 0.374 e. The van der Waals surface area contributed by atoms with Crippen molar-refractivity contribution in [3.05, 3.63) is 29.0 Å². The number of terminal acetylenes is 1. The maximum atomic E-state index is 5.76. The lowest BCUT2D eigenvalue weighted by molar-refractivity contribution is 0.124. The second-order valence-electron chi connectivity index (χ2n) is 2.47. The normalized spacial score (nSPS) is 9.54. The van der Waals surface area contributed by atoms with E-state index in [1.54, 1.807) is 18.3 Å². The fourth-order valence-electron chi connectivity index (χ4n) is 0.836. The lowest BCUT2D eigenvalue weighted by atomic mass is 10.4. The molecule has 0 unspecified atom stereocenters. The van der Waals surface area contributed by atoms with Gasteiger partial charge < -0.3 is 4.74 Å². The quantitative estimate of drug-likeness (QED) is 0.543. The van der Waals surface area contributed by atoms with Gasteiger partial charge in [0.25, 0.3) is 0 Å². The molecule has 0 aliphatic rings. The zero-order chi connectivity index (χ0) is 9.52. The van der Waals surface area contributed by atoms with Gasteiger partial charge in [-0.3, -0.25) is 4.98 Å². The summed E-state index contributed by atoms with van der Waals surface area (Å²) in [6.45, 7) is 1.02. The molecule has 0 spiro atoms. The van der Waals surface area contributed by atoms with Crippen molar-refractivity contribution in [3.8, 4) is 12.3 Å². The first-order valence-electron chi connectivity index (χ1n) is 3.94. The Labute approximate surface area is 82.9 Å². The molecular formula is C10H10ClNO. The Balaban J connectivity index is 2.33. The highest BCUT2D eigenvalue weighted by atomic mass is 35.5. The minimum Gasteiger partial charge on any atom is -0.374 e. The predicted octanol–water partition coefficient (Wildman–Crippen LogP) is 2.27. The Morgan fingerprint density at radius 3 is 3.15 bits per heavy atom. The SMILES string of the molecule is C#CCCOCc1cc(Cl)ccn1. The Kier molecular flexibility index (Phi) is 4.31. The summed E-state index contributed by atoms with van der Waals surface area (Å²) < 4.78 is 5.25. The van der Waals surface area contributed by atoms with Crippen molar-refractivity contribution in [1.29, 1.82) is 0 Å². The first-order chi connectivity index (χ1) is 6.33. The van der Waals surface area contributed by atoms with Crippen LogP contribution in [0.25, 0.3) is 0 Å². The number of ether oxygens (including phenoxy) is 1. The summed E-state index contributed by atoms with van der Waals surface area (Å²) in [6, 6.07) is 3.50. The van der Waals surface area contributed by atoms with Gasteiger partial charge in [0, 0.05) is 17.6 Å². The van der Waals surface area contributed by atoms with E-state index in [2.05, 4.69) is 10.9 Å². The molecule has 0 bridgehead atoms. The van der Waals surface area contributed by atoms with E-state index < -0.39 is 0 Å². The van der Waals surface area contributed by atoms with Crippen molar-refractivity contribution < 1.29 is 4.74 Å². The molecule has 0 radical (unpaired) electrons. The van der Waals surface area contributed by atoms with Gasteiger partial charge in [-0.15, -0.1) is 12.3 Å². The zero-order valence-corrected chi connectivity index (χ0v) is 7.92. The summed E-state index contributed by atoms with van der Waals surface area (Å²) in [7, 11) is 0. The Morgan fingerprint density at radius 1 is 1.62 bits per heavy atom. The molecule has 1 aromatic heterocycles. The van der Waals surface area contributed by atoms with Crippen LogP contribution in [-0.4, -0.2) is 11.6 Å². The van der Waals surface area contributed by atoms with Crippen molar-refractivity contribution in [1.82, 2.24) is 4.98 Å². The second-order valence-corrected chi connectivity index (χ2v) is 2.91. The van der Waals surface area contributed by atoms with Gasteiger partial charge in [0.05, 0.1) is 18.9 Å². The monoisotopic (exact) mass is 195 g/mol. The van der Waals surface area contributed by atoms with Gasteiger partial charge in [-0.25, -0.2) is 0 Å². The molecule has 0 fully saturated rings. The highest BCUT2D eigenvalue weighted by Gasteiger charge is 1.94. The third kappa shape index (κ3) is 3.93. The fourth-order valence-corrected chi connectivity index (χ4v) is 1.02. The smallest absolute Gasteiger partial charge is 0.0888 e. The van der Waals surface area contributed by atoms with Gasteiger partial charge in [-0.2, -0.15) is 0 Å². The van der Waals surface area contributed by atoms with E-state index in [0.717, 1.165) is 5.69 Å². The molecule has 0 aromatic carbocycles. The molecule has 1 rings (SSSR count). The minimum absolute atomic E-state index is 0.461. The molecule has 2 nitrogen and oxygen atoms in total. The Hall–Kier alpha value is -1.04. The fraction of sp³-hybridized carbons (Fsp3) is 0.300. The van der Waals surface area contributed by atoms with Crippen LogP contribution < -0.4 is 0 Å². The van der Waals surface area contributed by atoms with E-state index in [0.29, 0.717) is 24.7 Å². The van der Waals surface area contributed by atoms with Gasteiger partial charge in [0.15, 0.2) is 0 Å². The van der Waals surface area contributed by atoms with E-state index >= 15 is 0 Å². The van der Waals surface area contributed by atoms with Gasteiger partial charge in [-0.05, 0) is 12.1 Å². The van der Waals surface area contributed by atoms with Crippen molar-refractivity contribution in [2.45, 2.75) is 13.0 Å². The molecule has 3 heteroatoms. The number of rotatable bonds is 4. The van der Waals surface area contributed by atoms with Gasteiger partial charge in [0.2, 0.25) is 0 Å². The summed E-state index contributed by atoms with van der Waals surface area (Å²) in [5.74, 6) is 2.49. The average Bonchev–Trinajstić information content (AvgIpc) is 2.13. The number of hydrogen-bond acceptors (Lipinski definition) is 2. The van der Waals surface area contributed by atoms with Crippen LogP contribution in [0.2, 0.25) is 5.02 Å². The molecule has 0 N–H and O–H groups in total. The van der Waals surface area contributed by atoms with Crippen LogP contribution in [0, 0.1) is 12.3 Å². The molecule has 0 atom stereocenters. The van der Waals surface area contributed by atoms with E-state index in [1.165, 1.54) is 0 Å². The Bertz CT molecular complexity index is 306. The van der Waals surface area contributed by atoms with Crippen LogP contribution in [0.1, 0.15) is 12.1 Å². The van der Waals surface area contributed by atoms with Gasteiger partial charge in [0.1, 0.15) is 0 Å². The van der Waals surface area contributed by atoms with Crippen molar-refractivity contribution >= 4 is 11.6 Å².